The predicted molar refractivity (Wildman–Crippen MR) is 113 cm³/mol. The molecule has 1 aliphatic rings. The van der Waals surface area contributed by atoms with Crippen molar-refractivity contribution in [2.24, 2.45) is 0 Å². The summed E-state index contributed by atoms with van der Waals surface area (Å²) in [4.78, 5) is 12.6. The summed E-state index contributed by atoms with van der Waals surface area (Å²) in [6.07, 6.45) is 5.56. The molecule has 9 nitrogen and oxygen atoms in total. The monoisotopic (exact) mass is 419 g/mol. The molecule has 0 spiro atoms. The topological polar surface area (TPSA) is 100 Å². The largest absolute Gasteiger partial charge is 0.493 e. The van der Waals surface area contributed by atoms with Crippen molar-refractivity contribution >= 4 is 11.7 Å². The van der Waals surface area contributed by atoms with Gasteiger partial charge in [-0.2, -0.15) is 9.78 Å². The number of terminal acetylenes is 1. The predicted octanol–water partition coefficient (Wildman–Crippen LogP) is 2.47. The summed E-state index contributed by atoms with van der Waals surface area (Å²) < 4.78 is 17.7. The Labute approximate surface area is 179 Å². The Morgan fingerprint density at radius 1 is 1.19 bits per heavy atom. The number of ether oxygens (including phenoxy) is 3. The lowest BCUT2D eigenvalue weighted by Crippen LogP contribution is -2.25. The second kappa shape index (κ2) is 8.36. The molecular formula is C22H21N5O4. The molecule has 0 aliphatic carbocycles. The van der Waals surface area contributed by atoms with Crippen LogP contribution in [-0.4, -0.2) is 46.7 Å². The third-order valence-electron chi connectivity index (χ3n) is 5.06. The van der Waals surface area contributed by atoms with Gasteiger partial charge in [0.05, 0.1) is 19.9 Å². The van der Waals surface area contributed by atoms with Crippen molar-refractivity contribution in [1.82, 2.24) is 20.0 Å². The molecule has 1 unspecified atom stereocenters. The first kappa shape index (κ1) is 20.2. The molecule has 1 atom stereocenters. The first-order valence-electron chi connectivity index (χ1n) is 9.57. The van der Waals surface area contributed by atoms with Gasteiger partial charge in [-0.05, 0) is 30.7 Å². The van der Waals surface area contributed by atoms with Crippen molar-refractivity contribution < 1.29 is 19.0 Å². The molecule has 3 heterocycles. The van der Waals surface area contributed by atoms with Crippen molar-refractivity contribution in [3.8, 4) is 35.5 Å². The summed E-state index contributed by atoms with van der Waals surface area (Å²) in [5.41, 5.74) is 2.60. The number of nitrogens with one attached hydrogen (secondary N) is 1. The SMILES string of the molecule is C#CCOc1ccc(C2CC(=O)Nc3c2c(C)nn3-c2ccc(OC)nn2)cc1OC. The fraction of sp³-hybridized carbons (Fsp3) is 0.273. The van der Waals surface area contributed by atoms with Crippen LogP contribution in [0.3, 0.4) is 0 Å². The van der Waals surface area contributed by atoms with E-state index in [0.717, 1.165) is 16.8 Å². The van der Waals surface area contributed by atoms with Gasteiger partial charge in [0.15, 0.2) is 17.3 Å². The lowest BCUT2D eigenvalue weighted by molar-refractivity contribution is -0.116. The lowest BCUT2D eigenvalue weighted by Gasteiger charge is -2.25. The quantitative estimate of drug-likeness (QED) is 0.613. The number of rotatable bonds is 6. The third kappa shape index (κ3) is 3.75. The van der Waals surface area contributed by atoms with Gasteiger partial charge in [-0.1, -0.05) is 12.0 Å². The van der Waals surface area contributed by atoms with Gasteiger partial charge in [-0.25, -0.2) is 0 Å². The van der Waals surface area contributed by atoms with Gasteiger partial charge in [-0.15, -0.1) is 16.6 Å². The number of anilines is 1. The highest BCUT2D eigenvalue weighted by atomic mass is 16.5. The molecule has 0 radical (unpaired) electrons. The summed E-state index contributed by atoms with van der Waals surface area (Å²) >= 11 is 0. The van der Waals surface area contributed by atoms with Crippen LogP contribution in [0.5, 0.6) is 17.4 Å². The standard InChI is InChI=1S/C22H21N5O4/c1-5-10-31-16-7-6-14(11-17(16)29-3)15-12-19(28)23-22-21(15)13(2)26-27(22)18-8-9-20(30-4)25-24-18/h1,6-9,11,15H,10,12H2,2-4H3,(H,23,28). The van der Waals surface area contributed by atoms with Crippen molar-refractivity contribution in [2.75, 3.05) is 26.1 Å². The Morgan fingerprint density at radius 3 is 2.71 bits per heavy atom. The number of aromatic nitrogens is 4. The molecule has 2 aromatic heterocycles. The van der Waals surface area contributed by atoms with Crippen LogP contribution in [0.2, 0.25) is 0 Å². The van der Waals surface area contributed by atoms with Gasteiger partial charge >= 0.3 is 0 Å². The number of hydrogen-bond donors (Lipinski definition) is 1. The van der Waals surface area contributed by atoms with E-state index in [1.54, 1.807) is 30.0 Å². The molecule has 1 aliphatic heterocycles. The van der Waals surface area contributed by atoms with Crippen LogP contribution in [0.15, 0.2) is 30.3 Å². The maximum Gasteiger partial charge on any atom is 0.233 e. The molecule has 0 saturated heterocycles. The van der Waals surface area contributed by atoms with Crippen LogP contribution in [0.25, 0.3) is 5.82 Å². The zero-order valence-corrected chi connectivity index (χ0v) is 17.4. The van der Waals surface area contributed by atoms with Crippen molar-refractivity contribution in [1.29, 1.82) is 0 Å². The zero-order chi connectivity index (χ0) is 22.0. The number of nitrogens with zero attached hydrogens (tertiary/aromatic N) is 4. The zero-order valence-electron chi connectivity index (χ0n) is 17.4. The van der Waals surface area contributed by atoms with Crippen LogP contribution in [0, 0.1) is 19.3 Å². The average molecular weight is 419 g/mol. The average Bonchev–Trinajstić information content (AvgIpc) is 3.13. The van der Waals surface area contributed by atoms with E-state index in [9.17, 15) is 4.79 Å². The van der Waals surface area contributed by atoms with Crippen molar-refractivity contribution in [3.63, 3.8) is 0 Å². The lowest BCUT2D eigenvalue weighted by atomic mass is 9.85. The summed E-state index contributed by atoms with van der Waals surface area (Å²) in [6.45, 7) is 2.04. The molecule has 158 valence electrons. The van der Waals surface area contributed by atoms with E-state index in [4.69, 9.17) is 20.6 Å². The third-order valence-corrected chi connectivity index (χ3v) is 5.06. The number of methoxy groups -OCH3 is 2. The molecule has 0 saturated carbocycles. The molecule has 1 N–H and O–H groups in total. The number of aryl methyl sites for hydroxylation is 1. The second-order valence-corrected chi connectivity index (χ2v) is 6.90. The first-order valence-corrected chi connectivity index (χ1v) is 9.57. The van der Waals surface area contributed by atoms with Crippen LogP contribution in [-0.2, 0) is 4.79 Å². The number of hydrogen-bond acceptors (Lipinski definition) is 7. The van der Waals surface area contributed by atoms with E-state index < -0.39 is 0 Å². The first-order chi connectivity index (χ1) is 15.0. The normalized spacial score (nSPS) is 14.9. The minimum absolute atomic E-state index is 0.119. The Hall–Kier alpha value is -4.06. The molecule has 9 heteroatoms. The summed E-state index contributed by atoms with van der Waals surface area (Å²) in [5, 5.41) is 15.7. The maximum atomic E-state index is 12.6. The van der Waals surface area contributed by atoms with E-state index in [0.29, 0.717) is 29.0 Å². The molecule has 1 amide bonds. The number of amides is 1. The highest BCUT2D eigenvalue weighted by Crippen LogP contribution is 2.42. The molecule has 0 fully saturated rings. The van der Waals surface area contributed by atoms with E-state index in [-0.39, 0.29) is 24.9 Å². The van der Waals surface area contributed by atoms with Crippen molar-refractivity contribution in [2.45, 2.75) is 19.3 Å². The van der Waals surface area contributed by atoms with E-state index >= 15 is 0 Å². The molecule has 31 heavy (non-hydrogen) atoms. The molecule has 0 bridgehead atoms. The number of fused-ring (bicyclic) bond motifs is 1. The van der Waals surface area contributed by atoms with Gasteiger partial charge in [0, 0.05) is 24.0 Å². The van der Waals surface area contributed by atoms with Gasteiger partial charge in [0.2, 0.25) is 11.8 Å². The van der Waals surface area contributed by atoms with Gasteiger partial charge in [-0.3, -0.25) is 4.79 Å². The van der Waals surface area contributed by atoms with Crippen LogP contribution in [0.4, 0.5) is 5.82 Å². The molecular weight excluding hydrogens is 398 g/mol. The van der Waals surface area contributed by atoms with E-state index in [2.05, 4.69) is 26.5 Å². The van der Waals surface area contributed by atoms with Gasteiger partial charge in [0.25, 0.3) is 0 Å². The summed E-state index contributed by atoms with van der Waals surface area (Å²) in [5.74, 6) is 4.64. The van der Waals surface area contributed by atoms with Crippen LogP contribution < -0.4 is 19.5 Å². The number of carbonyl (C=O) groups is 1. The Bertz CT molecular complexity index is 1160. The Kier molecular flexibility index (Phi) is 5.45. The Morgan fingerprint density at radius 2 is 2.03 bits per heavy atom. The Balaban J connectivity index is 1.77. The summed E-state index contributed by atoms with van der Waals surface area (Å²) in [7, 11) is 3.08. The molecule has 4 rings (SSSR count). The number of carbonyl (C=O) groups excluding carboxylic acids is 1. The molecule has 3 aromatic rings. The van der Waals surface area contributed by atoms with E-state index in [1.807, 2.05) is 19.1 Å². The van der Waals surface area contributed by atoms with Gasteiger partial charge in [0.1, 0.15) is 12.4 Å². The second-order valence-electron chi connectivity index (χ2n) is 6.90. The van der Waals surface area contributed by atoms with E-state index in [1.165, 1.54) is 7.11 Å². The highest BCUT2D eigenvalue weighted by Gasteiger charge is 2.33. The fourth-order valence-corrected chi connectivity index (χ4v) is 3.67. The minimum atomic E-state index is -0.209. The maximum absolute atomic E-state index is 12.6. The highest BCUT2D eigenvalue weighted by molar-refractivity contribution is 5.95. The number of benzene rings is 1. The smallest absolute Gasteiger partial charge is 0.233 e. The summed E-state index contributed by atoms with van der Waals surface area (Å²) in [6, 6.07) is 8.99. The van der Waals surface area contributed by atoms with Gasteiger partial charge < -0.3 is 19.5 Å². The fourth-order valence-electron chi connectivity index (χ4n) is 3.67. The molecule has 1 aromatic carbocycles. The van der Waals surface area contributed by atoms with Crippen molar-refractivity contribution in [3.05, 3.63) is 47.2 Å². The van der Waals surface area contributed by atoms with Crippen LogP contribution in [0.1, 0.15) is 29.2 Å². The van der Waals surface area contributed by atoms with Crippen LogP contribution >= 0.6 is 0 Å². The minimum Gasteiger partial charge on any atom is -0.493 e.